The standard InChI is InChI=1S/C10H12Cl2FNO/c1-5(6(2)15)14-7-3-8(11)10(13)9(12)4-7/h3-6,14-15H,1-2H3. The van der Waals surface area contributed by atoms with Gasteiger partial charge in [-0.3, -0.25) is 0 Å². The molecular formula is C10H12Cl2FNO. The van der Waals surface area contributed by atoms with Crippen LogP contribution >= 0.6 is 23.2 Å². The van der Waals surface area contributed by atoms with Crippen LogP contribution in [-0.4, -0.2) is 17.3 Å². The Kier molecular flexibility index (Phi) is 4.20. The molecule has 1 aromatic rings. The van der Waals surface area contributed by atoms with Crippen LogP contribution in [0, 0.1) is 5.82 Å². The molecule has 0 spiro atoms. The summed E-state index contributed by atoms with van der Waals surface area (Å²) < 4.78 is 13.1. The number of aliphatic hydroxyl groups is 1. The van der Waals surface area contributed by atoms with Gasteiger partial charge in [-0.2, -0.15) is 0 Å². The third-order valence-electron chi connectivity index (χ3n) is 2.10. The first-order chi connectivity index (χ1) is 6.91. The summed E-state index contributed by atoms with van der Waals surface area (Å²) in [6.07, 6.45) is -0.521. The fourth-order valence-electron chi connectivity index (χ4n) is 1.02. The number of anilines is 1. The molecule has 0 aliphatic carbocycles. The van der Waals surface area contributed by atoms with Crippen LogP contribution in [0.5, 0.6) is 0 Å². The quantitative estimate of drug-likeness (QED) is 0.809. The molecule has 2 nitrogen and oxygen atoms in total. The van der Waals surface area contributed by atoms with E-state index in [0.717, 1.165) is 0 Å². The first kappa shape index (κ1) is 12.6. The van der Waals surface area contributed by atoms with Gasteiger partial charge in [0.25, 0.3) is 0 Å². The van der Waals surface area contributed by atoms with Gasteiger partial charge in [0, 0.05) is 11.7 Å². The van der Waals surface area contributed by atoms with Crippen molar-refractivity contribution >= 4 is 28.9 Å². The van der Waals surface area contributed by atoms with Crippen LogP contribution in [0.3, 0.4) is 0 Å². The van der Waals surface area contributed by atoms with E-state index in [1.54, 1.807) is 13.8 Å². The molecule has 2 N–H and O–H groups in total. The van der Waals surface area contributed by atoms with Crippen molar-refractivity contribution in [1.29, 1.82) is 0 Å². The van der Waals surface area contributed by atoms with Crippen LogP contribution in [0.2, 0.25) is 10.0 Å². The highest BCUT2D eigenvalue weighted by atomic mass is 35.5. The van der Waals surface area contributed by atoms with Crippen molar-refractivity contribution in [3.63, 3.8) is 0 Å². The summed E-state index contributed by atoms with van der Waals surface area (Å²) in [7, 11) is 0. The van der Waals surface area contributed by atoms with E-state index >= 15 is 0 Å². The molecule has 0 fully saturated rings. The number of hydrogen-bond donors (Lipinski definition) is 2. The van der Waals surface area contributed by atoms with Gasteiger partial charge in [-0.1, -0.05) is 23.2 Å². The molecule has 0 radical (unpaired) electrons. The van der Waals surface area contributed by atoms with Crippen LogP contribution in [0.15, 0.2) is 12.1 Å². The van der Waals surface area contributed by atoms with Gasteiger partial charge in [-0.05, 0) is 26.0 Å². The predicted molar refractivity (Wildman–Crippen MR) is 61.2 cm³/mol. The molecular weight excluding hydrogens is 240 g/mol. The highest BCUT2D eigenvalue weighted by Crippen LogP contribution is 2.27. The fraction of sp³-hybridized carbons (Fsp3) is 0.400. The monoisotopic (exact) mass is 251 g/mol. The fourth-order valence-corrected chi connectivity index (χ4v) is 1.51. The lowest BCUT2D eigenvalue weighted by Gasteiger charge is -2.18. The van der Waals surface area contributed by atoms with E-state index in [0.29, 0.717) is 5.69 Å². The van der Waals surface area contributed by atoms with E-state index in [-0.39, 0.29) is 16.1 Å². The number of aliphatic hydroxyl groups excluding tert-OH is 1. The van der Waals surface area contributed by atoms with Crippen molar-refractivity contribution in [2.75, 3.05) is 5.32 Å². The molecule has 0 aliphatic rings. The highest BCUT2D eigenvalue weighted by molar-refractivity contribution is 6.35. The van der Waals surface area contributed by atoms with Crippen molar-refractivity contribution in [2.45, 2.75) is 26.0 Å². The Bertz CT molecular complexity index is 334. The number of benzene rings is 1. The molecule has 0 saturated heterocycles. The molecule has 2 atom stereocenters. The molecule has 5 heteroatoms. The van der Waals surface area contributed by atoms with Crippen LogP contribution in [0.4, 0.5) is 10.1 Å². The van der Waals surface area contributed by atoms with Gasteiger partial charge < -0.3 is 10.4 Å². The van der Waals surface area contributed by atoms with Crippen molar-refractivity contribution < 1.29 is 9.50 Å². The molecule has 0 heterocycles. The lowest BCUT2D eigenvalue weighted by atomic mass is 10.2. The van der Waals surface area contributed by atoms with Gasteiger partial charge in [0.1, 0.15) is 0 Å². The van der Waals surface area contributed by atoms with E-state index < -0.39 is 11.9 Å². The first-order valence-electron chi connectivity index (χ1n) is 4.51. The summed E-state index contributed by atoms with van der Waals surface area (Å²) in [5.41, 5.74) is 0.583. The Labute approximate surface area is 98.0 Å². The average Bonchev–Trinajstić information content (AvgIpc) is 2.13. The van der Waals surface area contributed by atoms with Gasteiger partial charge in [0.05, 0.1) is 16.1 Å². The van der Waals surface area contributed by atoms with Crippen molar-refractivity contribution in [3.05, 3.63) is 28.0 Å². The summed E-state index contributed by atoms with van der Waals surface area (Å²) in [6.45, 7) is 3.46. The Balaban J connectivity index is 2.88. The molecule has 1 rings (SSSR count). The Morgan fingerprint density at radius 3 is 2.13 bits per heavy atom. The Morgan fingerprint density at radius 1 is 1.27 bits per heavy atom. The largest absolute Gasteiger partial charge is 0.391 e. The summed E-state index contributed by atoms with van der Waals surface area (Å²) in [6, 6.07) is 2.70. The van der Waals surface area contributed by atoms with Crippen LogP contribution in [-0.2, 0) is 0 Å². The lowest BCUT2D eigenvalue weighted by Crippen LogP contribution is -2.27. The smallest absolute Gasteiger partial charge is 0.160 e. The molecule has 0 aromatic heterocycles. The maximum atomic E-state index is 13.1. The second kappa shape index (κ2) is 5.01. The average molecular weight is 252 g/mol. The zero-order valence-corrected chi connectivity index (χ0v) is 9.90. The van der Waals surface area contributed by atoms with Gasteiger partial charge in [-0.25, -0.2) is 4.39 Å². The molecule has 0 aliphatic heterocycles. The summed E-state index contributed by atoms with van der Waals surface area (Å²) >= 11 is 11.2. The molecule has 0 bridgehead atoms. The third-order valence-corrected chi connectivity index (χ3v) is 2.65. The summed E-state index contributed by atoms with van der Waals surface area (Å²) in [4.78, 5) is 0. The predicted octanol–water partition coefficient (Wildman–Crippen LogP) is 3.31. The van der Waals surface area contributed by atoms with Crippen molar-refractivity contribution in [1.82, 2.24) is 0 Å². The lowest BCUT2D eigenvalue weighted by molar-refractivity contribution is 0.178. The van der Waals surface area contributed by atoms with E-state index in [4.69, 9.17) is 23.2 Å². The zero-order valence-electron chi connectivity index (χ0n) is 8.39. The number of rotatable bonds is 3. The van der Waals surface area contributed by atoms with E-state index in [1.807, 2.05) is 0 Å². The molecule has 2 unspecified atom stereocenters. The van der Waals surface area contributed by atoms with Crippen LogP contribution < -0.4 is 5.32 Å². The normalized spacial score (nSPS) is 14.8. The Hall–Kier alpha value is -0.510. The summed E-state index contributed by atoms with van der Waals surface area (Å²) in [5.74, 6) is -0.631. The van der Waals surface area contributed by atoms with Gasteiger partial charge in [0.2, 0.25) is 0 Å². The van der Waals surface area contributed by atoms with Crippen molar-refractivity contribution in [2.24, 2.45) is 0 Å². The minimum Gasteiger partial charge on any atom is -0.391 e. The van der Waals surface area contributed by atoms with E-state index in [9.17, 15) is 9.50 Å². The number of hydrogen-bond acceptors (Lipinski definition) is 2. The van der Waals surface area contributed by atoms with Gasteiger partial charge in [0.15, 0.2) is 5.82 Å². The van der Waals surface area contributed by atoms with Crippen molar-refractivity contribution in [3.8, 4) is 0 Å². The van der Waals surface area contributed by atoms with E-state index in [1.165, 1.54) is 12.1 Å². The minimum absolute atomic E-state index is 0.0391. The topological polar surface area (TPSA) is 32.3 Å². The summed E-state index contributed by atoms with van der Waals surface area (Å²) in [5, 5.41) is 12.2. The zero-order chi connectivity index (χ0) is 11.6. The third kappa shape index (κ3) is 3.23. The molecule has 0 amide bonds. The molecule has 84 valence electrons. The highest BCUT2D eigenvalue weighted by Gasteiger charge is 2.11. The Morgan fingerprint density at radius 2 is 1.73 bits per heavy atom. The minimum atomic E-state index is -0.631. The van der Waals surface area contributed by atoms with E-state index in [2.05, 4.69) is 5.32 Å². The number of halogens is 3. The maximum Gasteiger partial charge on any atom is 0.160 e. The van der Waals surface area contributed by atoms with Gasteiger partial charge in [-0.15, -0.1) is 0 Å². The first-order valence-corrected chi connectivity index (χ1v) is 5.26. The SMILES string of the molecule is CC(O)C(C)Nc1cc(Cl)c(F)c(Cl)c1. The number of nitrogens with one attached hydrogen (secondary N) is 1. The second-order valence-electron chi connectivity index (χ2n) is 3.43. The van der Waals surface area contributed by atoms with Gasteiger partial charge >= 0.3 is 0 Å². The second-order valence-corrected chi connectivity index (χ2v) is 4.24. The molecule has 1 aromatic carbocycles. The molecule has 0 saturated carbocycles. The van der Waals surface area contributed by atoms with Crippen LogP contribution in [0.25, 0.3) is 0 Å². The maximum absolute atomic E-state index is 13.1. The molecule has 15 heavy (non-hydrogen) atoms. The van der Waals surface area contributed by atoms with Crippen LogP contribution in [0.1, 0.15) is 13.8 Å².